The van der Waals surface area contributed by atoms with E-state index in [-0.39, 0.29) is 9.63 Å². The molecule has 3 rings (SSSR count). The van der Waals surface area contributed by atoms with E-state index in [4.69, 9.17) is 9.47 Å². The summed E-state index contributed by atoms with van der Waals surface area (Å²) in [6.07, 6.45) is 0. The first kappa shape index (κ1) is 16.2. The van der Waals surface area contributed by atoms with Gasteiger partial charge in [-0.1, -0.05) is 11.3 Å². The van der Waals surface area contributed by atoms with E-state index in [0.717, 1.165) is 5.56 Å². The van der Waals surface area contributed by atoms with Crippen molar-refractivity contribution in [3.8, 4) is 11.5 Å². The van der Waals surface area contributed by atoms with Crippen LogP contribution in [0.5, 0.6) is 11.5 Å². The maximum Gasteiger partial charge on any atom is 0.261 e. The average Bonchev–Trinajstić information content (AvgIpc) is 2.86. The van der Waals surface area contributed by atoms with Crippen molar-refractivity contribution in [1.82, 2.24) is 19.7 Å². The van der Waals surface area contributed by atoms with Crippen molar-refractivity contribution < 1.29 is 17.9 Å². The molecule has 0 spiro atoms. The highest BCUT2D eigenvalue weighted by atomic mass is 79.9. The predicted octanol–water partition coefficient (Wildman–Crippen LogP) is 1.39. The summed E-state index contributed by atoms with van der Waals surface area (Å²) >= 11 is 3.10. The zero-order valence-corrected chi connectivity index (χ0v) is 14.9. The SMILES string of the molecule is CC(NS(=O)(=O)c1c(Br)nnn1C)c1ccc2c(c1)OCCO2. The van der Waals surface area contributed by atoms with Crippen molar-refractivity contribution in [2.24, 2.45) is 7.05 Å². The molecule has 0 aliphatic carbocycles. The number of aromatic nitrogens is 3. The molecule has 1 aliphatic rings. The number of sulfonamides is 1. The lowest BCUT2D eigenvalue weighted by Gasteiger charge is -2.21. The van der Waals surface area contributed by atoms with E-state index in [1.54, 1.807) is 25.1 Å². The molecule has 2 heterocycles. The first-order valence-corrected chi connectivity index (χ1v) is 9.13. The molecule has 124 valence electrons. The molecule has 23 heavy (non-hydrogen) atoms. The molecule has 0 bridgehead atoms. The Morgan fingerprint density at radius 3 is 2.65 bits per heavy atom. The van der Waals surface area contributed by atoms with Crippen molar-refractivity contribution in [2.75, 3.05) is 13.2 Å². The van der Waals surface area contributed by atoms with Gasteiger partial charge in [0.2, 0.25) is 5.03 Å². The Hall–Kier alpha value is -1.65. The monoisotopic (exact) mass is 402 g/mol. The number of nitrogens with one attached hydrogen (secondary N) is 1. The van der Waals surface area contributed by atoms with E-state index in [9.17, 15) is 8.42 Å². The molecule has 0 saturated carbocycles. The van der Waals surface area contributed by atoms with Gasteiger partial charge >= 0.3 is 0 Å². The molecule has 1 N–H and O–H groups in total. The summed E-state index contributed by atoms with van der Waals surface area (Å²) in [5.74, 6) is 1.27. The molecule has 0 saturated heterocycles. The molecular weight excluding hydrogens is 388 g/mol. The number of rotatable bonds is 4. The maximum atomic E-state index is 12.5. The van der Waals surface area contributed by atoms with Crippen molar-refractivity contribution in [1.29, 1.82) is 0 Å². The van der Waals surface area contributed by atoms with Crippen LogP contribution in [0.25, 0.3) is 0 Å². The molecule has 2 aromatic rings. The number of halogens is 1. The highest BCUT2D eigenvalue weighted by Gasteiger charge is 2.26. The molecule has 1 aromatic heterocycles. The van der Waals surface area contributed by atoms with Crippen LogP contribution in [-0.2, 0) is 17.1 Å². The van der Waals surface area contributed by atoms with Crippen LogP contribution in [0.3, 0.4) is 0 Å². The number of hydrogen-bond donors (Lipinski definition) is 1. The van der Waals surface area contributed by atoms with Crippen molar-refractivity contribution in [3.05, 3.63) is 28.4 Å². The minimum atomic E-state index is -3.78. The normalized spacial score (nSPS) is 15.4. The van der Waals surface area contributed by atoms with Crippen LogP contribution in [-0.4, -0.2) is 36.6 Å². The highest BCUT2D eigenvalue weighted by Crippen LogP contribution is 2.33. The zero-order chi connectivity index (χ0) is 16.6. The Bertz CT molecular complexity index is 817. The van der Waals surface area contributed by atoms with Crippen LogP contribution in [0.15, 0.2) is 27.8 Å². The summed E-state index contributed by atoms with van der Waals surface area (Å²) in [7, 11) is -2.26. The van der Waals surface area contributed by atoms with Crippen LogP contribution >= 0.6 is 15.9 Å². The van der Waals surface area contributed by atoms with Gasteiger partial charge < -0.3 is 9.47 Å². The molecule has 0 radical (unpaired) electrons. The predicted molar refractivity (Wildman–Crippen MR) is 84.9 cm³/mol. The van der Waals surface area contributed by atoms with Gasteiger partial charge in [-0.05, 0) is 40.5 Å². The third-order valence-electron chi connectivity index (χ3n) is 3.39. The van der Waals surface area contributed by atoms with Crippen molar-refractivity contribution in [3.63, 3.8) is 0 Å². The van der Waals surface area contributed by atoms with Gasteiger partial charge in [0.1, 0.15) is 13.2 Å². The Morgan fingerprint density at radius 1 is 1.30 bits per heavy atom. The van der Waals surface area contributed by atoms with Gasteiger partial charge in [-0.25, -0.2) is 17.8 Å². The van der Waals surface area contributed by atoms with Crippen molar-refractivity contribution >= 4 is 26.0 Å². The Kier molecular flexibility index (Phi) is 4.30. The number of benzene rings is 1. The molecule has 1 aliphatic heterocycles. The average molecular weight is 403 g/mol. The standard InChI is InChI=1S/C13H15BrN4O4S/c1-8(9-3-4-10-11(7-9)22-6-5-21-10)16-23(19,20)13-12(14)15-17-18(13)2/h3-4,7-8,16H,5-6H2,1-2H3. The van der Waals surface area contributed by atoms with Gasteiger partial charge in [0.05, 0.1) is 0 Å². The van der Waals surface area contributed by atoms with Gasteiger partial charge in [0.15, 0.2) is 16.1 Å². The molecule has 1 unspecified atom stereocenters. The Morgan fingerprint density at radius 2 is 2.00 bits per heavy atom. The molecule has 10 heteroatoms. The molecule has 0 amide bonds. The fourth-order valence-electron chi connectivity index (χ4n) is 2.29. The minimum absolute atomic E-state index is 0.0260. The highest BCUT2D eigenvalue weighted by molar-refractivity contribution is 9.10. The lowest BCUT2D eigenvalue weighted by molar-refractivity contribution is 0.171. The van der Waals surface area contributed by atoms with Crippen LogP contribution in [0.1, 0.15) is 18.5 Å². The lowest BCUT2D eigenvalue weighted by Crippen LogP contribution is -2.29. The smallest absolute Gasteiger partial charge is 0.261 e. The minimum Gasteiger partial charge on any atom is -0.486 e. The van der Waals surface area contributed by atoms with Gasteiger partial charge in [-0.15, -0.1) is 5.10 Å². The van der Waals surface area contributed by atoms with Gasteiger partial charge in [-0.3, -0.25) is 0 Å². The van der Waals surface area contributed by atoms with Crippen LogP contribution < -0.4 is 14.2 Å². The largest absolute Gasteiger partial charge is 0.486 e. The molecule has 1 aromatic carbocycles. The number of nitrogens with zero attached hydrogens (tertiary/aromatic N) is 3. The zero-order valence-electron chi connectivity index (χ0n) is 12.5. The maximum absolute atomic E-state index is 12.5. The van der Waals surface area contributed by atoms with Crippen molar-refractivity contribution in [2.45, 2.75) is 18.0 Å². The summed E-state index contributed by atoms with van der Waals surface area (Å²) in [6, 6.07) is 4.89. The van der Waals surface area contributed by atoms with E-state index in [1.165, 1.54) is 11.7 Å². The van der Waals surface area contributed by atoms with E-state index in [1.807, 2.05) is 0 Å². The summed E-state index contributed by atoms with van der Waals surface area (Å²) in [5.41, 5.74) is 0.768. The summed E-state index contributed by atoms with van der Waals surface area (Å²) in [4.78, 5) is 0. The first-order chi connectivity index (χ1) is 10.9. The number of aryl methyl sites for hydroxylation is 1. The second-order valence-electron chi connectivity index (χ2n) is 5.06. The molecule has 0 fully saturated rings. The molecule has 8 nitrogen and oxygen atoms in total. The van der Waals surface area contributed by atoms with E-state index in [0.29, 0.717) is 24.7 Å². The van der Waals surface area contributed by atoms with Crippen LogP contribution in [0.4, 0.5) is 0 Å². The topological polar surface area (TPSA) is 95.3 Å². The summed E-state index contributed by atoms with van der Waals surface area (Å²) in [6.45, 7) is 2.74. The fraction of sp³-hybridized carbons (Fsp3) is 0.385. The fourth-order valence-corrected chi connectivity index (χ4v) is 4.62. The van der Waals surface area contributed by atoms with Gasteiger partial charge in [0.25, 0.3) is 10.0 Å². The quantitative estimate of drug-likeness (QED) is 0.829. The van der Waals surface area contributed by atoms with Crippen LogP contribution in [0, 0.1) is 0 Å². The lowest BCUT2D eigenvalue weighted by atomic mass is 10.1. The second-order valence-corrected chi connectivity index (χ2v) is 7.44. The van der Waals surface area contributed by atoms with E-state index in [2.05, 4.69) is 31.0 Å². The Balaban J connectivity index is 1.85. The van der Waals surface area contributed by atoms with Crippen LogP contribution in [0.2, 0.25) is 0 Å². The Labute approximate surface area is 142 Å². The third-order valence-corrected chi connectivity index (χ3v) is 5.82. The van der Waals surface area contributed by atoms with E-state index >= 15 is 0 Å². The third kappa shape index (κ3) is 3.19. The summed E-state index contributed by atoms with van der Waals surface area (Å²) < 4.78 is 40.0. The van der Waals surface area contributed by atoms with E-state index < -0.39 is 16.1 Å². The van der Waals surface area contributed by atoms with Gasteiger partial charge in [0, 0.05) is 13.1 Å². The number of fused-ring (bicyclic) bond motifs is 1. The molecular formula is C13H15BrN4O4S. The second kappa shape index (κ2) is 6.10. The number of hydrogen-bond acceptors (Lipinski definition) is 6. The summed E-state index contributed by atoms with van der Waals surface area (Å²) in [5, 5.41) is 7.35. The first-order valence-electron chi connectivity index (χ1n) is 6.85. The molecule has 1 atom stereocenters. The number of ether oxygens (including phenoxy) is 2. The van der Waals surface area contributed by atoms with Gasteiger partial charge in [-0.2, -0.15) is 0 Å².